The van der Waals surface area contributed by atoms with Crippen LogP contribution in [0.1, 0.15) is 29.9 Å². The lowest BCUT2D eigenvalue weighted by Gasteiger charge is -2.29. The Balaban J connectivity index is 1.72. The van der Waals surface area contributed by atoms with Crippen LogP contribution in [0, 0.1) is 0 Å². The second-order valence-corrected chi connectivity index (χ2v) is 6.39. The Morgan fingerprint density at radius 1 is 1.33 bits per heavy atom. The van der Waals surface area contributed by atoms with Gasteiger partial charge in [0.15, 0.2) is 0 Å². The molecule has 1 aliphatic heterocycles. The van der Waals surface area contributed by atoms with E-state index in [1.54, 1.807) is 17.6 Å². The third-order valence-corrected chi connectivity index (χ3v) is 4.63. The molecular formula is C16H20N2O2S. The number of furan rings is 1. The minimum Gasteiger partial charge on any atom is -0.467 e. The number of hydrogen-bond acceptors (Lipinski definition) is 4. The maximum absolute atomic E-state index is 12.8. The zero-order valence-electron chi connectivity index (χ0n) is 12.0. The van der Waals surface area contributed by atoms with E-state index >= 15 is 0 Å². The van der Waals surface area contributed by atoms with Gasteiger partial charge in [-0.05, 0) is 43.0 Å². The van der Waals surface area contributed by atoms with Crippen molar-refractivity contribution in [2.45, 2.75) is 38.4 Å². The van der Waals surface area contributed by atoms with E-state index in [-0.39, 0.29) is 11.9 Å². The van der Waals surface area contributed by atoms with Gasteiger partial charge in [0.2, 0.25) is 5.91 Å². The Hall–Kier alpha value is -1.59. The number of nitrogens with one attached hydrogen (secondary N) is 1. The third-order valence-electron chi connectivity index (χ3n) is 3.77. The molecule has 1 atom stereocenters. The van der Waals surface area contributed by atoms with Crippen molar-refractivity contribution in [1.82, 2.24) is 10.2 Å². The van der Waals surface area contributed by atoms with Crippen LogP contribution >= 0.6 is 11.3 Å². The van der Waals surface area contributed by atoms with Crippen LogP contribution in [0.3, 0.4) is 0 Å². The Morgan fingerprint density at radius 3 is 2.95 bits per heavy atom. The molecule has 3 rings (SSSR count). The van der Waals surface area contributed by atoms with Gasteiger partial charge < -0.3 is 14.6 Å². The first-order chi connectivity index (χ1) is 10.3. The highest BCUT2D eigenvalue weighted by atomic mass is 32.1. The molecule has 0 saturated carbocycles. The summed E-state index contributed by atoms with van der Waals surface area (Å²) in [4.78, 5) is 15.9. The number of rotatable bonds is 5. The van der Waals surface area contributed by atoms with E-state index in [2.05, 4.69) is 11.4 Å². The van der Waals surface area contributed by atoms with Crippen molar-refractivity contribution in [3.05, 3.63) is 46.5 Å². The Labute approximate surface area is 128 Å². The molecule has 1 unspecified atom stereocenters. The van der Waals surface area contributed by atoms with Crippen molar-refractivity contribution in [1.29, 1.82) is 0 Å². The minimum absolute atomic E-state index is 0.0475. The standard InChI is InChI=1S/C16H20N2O2S/c19-16(15-7-1-2-8-17-15)18(11-13-5-3-9-20-13)12-14-6-4-10-21-14/h3-6,9-10,15,17H,1-2,7-8,11-12H2. The van der Waals surface area contributed by atoms with Crippen LogP contribution in [-0.4, -0.2) is 23.4 Å². The summed E-state index contributed by atoms with van der Waals surface area (Å²) in [6, 6.07) is 7.83. The van der Waals surface area contributed by atoms with Gasteiger partial charge in [0.1, 0.15) is 5.76 Å². The fraction of sp³-hybridized carbons (Fsp3) is 0.438. The lowest BCUT2D eigenvalue weighted by Crippen LogP contribution is -2.47. The van der Waals surface area contributed by atoms with E-state index in [9.17, 15) is 4.79 Å². The van der Waals surface area contributed by atoms with Gasteiger partial charge in [0.25, 0.3) is 0 Å². The highest BCUT2D eigenvalue weighted by Gasteiger charge is 2.26. The largest absolute Gasteiger partial charge is 0.467 e. The molecule has 0 aliphatic carbocycles. The molecule has 0 radical (unpaired) electrons. The average molecular weight is 304 g/mol. The minimum atomic E-state index is -0.0475. The van der Waals surface area contributed by atoms with Crippen LogP contribution in [0.5, 0.6) is 0 Å². The molecule has 1 fully saturated rings. The first-order valence-corrected chi connectivity index (χ1v) is 8.28. The van der Waals surface area contributed by atoms with Crippen LogP contribution in [0.2, 0.25) is 0 Å². The molecule has 2 aromatic heterocycles. The van der Waals surface area contributed by atoms with Gasteiger partial charge in [-0.15, -0.1) is 11.3 Å². The Kier molecular flexibility index (Phi) is 4.72. The van der Waals surface area contributed by atoms with Crippen LogP contribution < -0.4 is 5.32 Å². The number of amides is 1. The fourth-order valence-electron chi connectivity index (χ4n) is 2.68. The quantitative estimate of drug-likeness (QED) is 0.923. The summed E-state index contributed by atoms with van der Waals surface area (Å²) in [5.41, 5.74) is 0. The number of piperidine rings is 1. The lowest BCUT2D eigenvalue weighted by molar-refractivity contribution is -0.135. The molecule has 4 nitrogen and oxygen atoms in total. The van der Waals surface area contributed by atoms with Crippen LogP contribution in [0.4, 0.5) is 0 Å². The van der Waals surface area contributed by atoms with Crippen molar-refractivity contribution >= 4 is 17.2 Å². The molecule has 0 bridgehead atoms. The van der Waals surface area contributed by atoms with Crippen LogP contribution in [0.15, 0.2) is 40.3 Å². The number of nitrogens with zero attached hydrogens (tertiary/aromatic N) is 1. The number of thiophene rings is 1. The maximum Gasteiger partial charge on any atom is 0.240 e. The Morgan fingerprint density at radius 2 is 2.29 bits per heavy atom. The van der Waals surface area contributed by atoms with Gasteiger partial charge in [-0.25, -0.2) is 0 Å². The average Bonchev–Trinajstić information content (AvgIpc) is 3.20. The molecule has 112 valence electrons. The van der Waals surface area contributed by atoms with Crippen molar-refractivity contribution in [3.63, 3.8) is 0 Å². The van der Waals surface area contributed by atoms with Gasteiger partial charge in [-0.2, -0.15) is 0 Å². The zero-order valence-corrected chi connectivity index (χ0v) is 12.8. The summed E-state index contributed by atoms with van der Waals surface area (Å²) in [5, 5.41) is 5.39. The predicted octanol–water partition coefficient (Wildman–Crippen LogP) is 3.01. The van der Waals surface area contributed by atoms with E-state index in [1.165, 1.54) is 4.88 Å². The molecule has 0 spiro atoms. The second kappa shape index (κ2) is 6.91. The summed E-state index contributed by atoms with van der Waals surface area (Å²) in [5.74, 6) is 1.01. The van der Waals surface area contributed by atoms with Gasteiger partial charge in [-0.1, -0.05) is 12.5 Å². The highest BCUT2D eigenvalue weighted by Crippen LogP contribution is 2.18. The summed E-state index contributed by atoms with van der Waals surface area (Å²) < 4.78 is 5.41. The van der Waals surface area contributed by atoms with Crippen molar-refractivity contribution in [3.8, 4) is 0 Å². The molecule has 1 aliphatic rings. The summed E-state index contributed by atoms with van der Waals surface area (Å²) in [6.45, 7) is 2.11. The molecule has 3 heterocycles. The molecule has 1 saturated heterocycles. The van der Waals surface area contributed by atoms with E-state index in [1.807, 2.05) is 28.5 Å². The second-order valence-electron chi connectivity index (χ2n) is 5.36. The monoisotopic (exact) mass is 304 g/mol. The van der Waals surface area contributed by atoms with E-state index < -0.39 is 0 Å². The number of carbonyl (C=O) groups is 1. The number of carbonyl (C=O) groups excluding carboxylic acids is 1. The van der Waals surface area contributed by atoms with Gasteiger partial charge in [0.05, 0.1) is 25.4 Å². The zero-order chi connectivity index (χ0) is 14.5. The predicted molar refractivity (Wildman–Crippen MR) is 82.9 cm³/mol. The molecule has 21 heavy (non-hydrogen) atoms. The smallest absolute Gasteiger partial charge is 0.240 e. The molecule has 0 aromatic carbocycles. The molecule has 1 amide bonds. The summed E-state index contributed by atoms with van der Waals surface area (Å²) in [6.07, 6.45) is 4.86. The first kappa shape index (κ1) is 14.4. The van der Waals surface area contributed by atoms with Crippen molar-refractivity contribution in [2.24, 2.45) is 0 Å². The van der Waals surface area contributed by atoms with Crippen LogP contribution in [-0.2, 0) is 17.9 Å². The SMILES string of the molecule is O=C(C1CCCCN1)N(Cc1ccco1)Cc1cccs1. The van der Waals surface area contributed by atoms with E-state index in [4.69, 9.17) is 4.42 Å². The third kappa shape index (κ3) is 3.74. The fourth-order valence-corrected chi connectivity index (χ4v) is 3.40. The summed E-state index contributed by atoms with van der Waals surface area (Å²) >= 11 is 1.68. The van der Waals surface area contributed by atoms with Gasteiger partial charge in [-0.3, -0.25) is 4.79 Å². The normalized spacial score (nSPS) is 18.6. The van der Waals surface area contributed by atoms with Crippen LogP contribution in [0.25, 0.3) is 0 Å². The molecule has 5 heteroatoms. The van der Waals surface area contributed by atoms with E-state index in [0.29, 0.717) is 13.1 Å². The molecule has 1 N–H and O–H groups in total. The summed E-state index contributed by atoms with van der Waals surface area (Å²) in [7, 11) is 0. The molecule has 2 aromatic rings. The van der Waals surface area contributed by atoms with E-state index in [0.717, 1.165) is 31.6 Å². The first-order valence-electron chi connectivity index (χ1n) is 7.40. The van der Waals surface area contributed by atoms with Crippen molar-refractivity contribution in [2.75, 3.05) is 6.54 Å². The van der Waals surface area contributed by atoms with Gasteiger partial charge in [0, 0.05) is 4.88 Å². The topological polar surface area (TPSA) is 45.5 Å². The lowest BCUT2D eigenvalue weighted by atomic mass is 10.0. The highest BCUT2D eigenvalue weighted by molar-refractivity contribution is 7.09. The maximum atomic E-state index is 12.8. The Bertz CT molecular complexity index is 509. The van der Waals surface area contributed by atoms with Crippen molar-refractivity contribution < 1.29 is 9.21 Å². The number of hydrogen-bond donors (Lipinski definition) is 1. The molecular weight excluding hydrogens is 284 g/mol. The van der Waals surface area contributed by atoms with Gasteiger partial charge >= 0.3 is 0 Å².